The van der Waals surface area contributed by atoms with Gasteiger partial charge < -0.3 is 4.74 Å². The second kappa shape index (κ2) is 7.16. The first-order valence-electron chi connectivity index (χ1n) is 6.28. The third kappa shape index (κ3) is 3.78. The number of hydrogen-bond acceptors (Lipinski definition) is 2. The van der Waals surface area contributed by atoms with Gasteiger partial charge in [0, 0.05) is 26.7 Å². The highest BCUT2D eigenvalue weighted by Gasteiger charge is 2.12. The van der Waals surface area contributed by atoms with E-state index in [-0.39, 0.29) is 5.78 Å². The van der Waals surface area contributed by atoms with Crippen LogP contribution in [0.15, 0.2) is 51.4 Å². The van der Waals surface area contributed by atoms with Crippen LogP contribution in [0.5, 0.6) is 0 Å². The third-order valence-electron chi connectivity index (χ3n) is 2.86. The molecule has 0 aromatic heterocycles. The van der Waals surface area contributed by atoms with Crippen LogP contribution in [0.3, 0.4) is 0 Å². The van der Waals surface area contributed by atoms with Gasteiger partial charge >= 0.3 is 0 Å². The highest BCUT2D eigenvalue weighted by molar-refractivity contribution is 9.11. The van der Waals surface area contributed by atoms with Crippen LogP contribution in [-0.4, -0.2) is 12.4 Å². The minimum absolute atomic E-state index is 0.00679. The zero-order chi connectivity index (χ0) is 14.5. The van der Waals surface area contributed by atoms with Gasteiger partial charge in [-0.3, -0.25) is 4.79 Å². The van der Waals surface area contributed by atoms with Gasteiger partial charge in [-0.15, -0.1) is 0 Å². The van der Waals surface area contributed by atoms with Crippen molar-refractivity contribution >= 4 is 37.6 Å². The summed E-state index contributed by atoms with van der Waals surface area (Å²) in [4.78, 5) is 12.4. The number of carbonyl (C=O) groups is 1. The first-order valence-corrected chi connectivity index (χ1v) is 7.87. The lowest BCUT2D eigenvalue weighted by Crippen LogP contribution is -2.02. The average molecular weight is 398 g/mol. The maximum Gasteiger partial charge on any atom is 0.194 e. The predicted octanol–water partition coefficient (Wildman–Crippen LogP) is 4.98. The van der Waals surface area contributed by atoms with Crippen molar-refractivity contribution in [2.75, 3.05) is 6.61 Å². The number of hydrogen-bond donors (Lipinski definition) is 0. The molecule has 0 fully saturated rings. The van der Waals surface area contributed by atoms with E-state index in [1.165, 1.54) is 0 Å². The Morgan fingerprint density at radius 2 is 1.80 bits per heavy atom. The van der Waals surface area contributed by atoms with E-state index < -0.39 is 0 Å². The van der Waals surface area contributed by atoms with E-state index in [1.807, 2.05) is 49.4 Å². The quantitative estimate of drug-likeness (QED) is 0.665. The summed E-state index contributed by atoms with van der Waals surface area (Å²) in [5, 5.41) is 0. The van der Waals surface area contributed by atoms with E-state index in [9.17, 15) is 4.79 Å². The molecule has 2 nitrogen and oxygen atoms in total. The van der Waals surface area contributed by atoms with Crippen LogP contribution in [-0.2, 0) is 11.3 Å². The molecule has 0 aliphatic carbocycles. The molecule has 0 radical (unpaired) electrons. The summed E-state index contributed by atoms with van der Waals surface area (Å²) in [5.74, 6) is 0.00679. The van der Waals surface area contributed by atoms with Crippen molar-refractivity contribution in [3.63, 3.8) is 0 Å². The molecular weight excluding hydrogens is 384 g/mol. The van der Waals surface area contributed by atoms with E-state index in [4.69, 9.17) is 4.74 Å². The van der Waals surface area contributed by atoms with Crippen LogP contribution in [0.1, 0.15) is 28.4 Å². The molecule has 0 aliphatic heterocycles. The van der Waals surface area contributed by atoms with Crippen LogP contribution in [0.2, 0.25) is 0 Å². The van der Waals surface area contributed by atoms with E-state index in [0.29, 0.717) is 24.3 Å². The SMILES string of the molecule is CCOCc1ccc(C(=O)c2ccc(Br)cc2Br)cc1. The monoisotopic (exact) mass is 396 g/mol. The fourth-order valence-corrected chi connectivity index (χ4v) is 3.03. The largest absolute Gasteiger partial charge is 0.377 e. The van der Waals surface area contributed by atoms with Gasteiger partial charge in [0.1, 0.15) is 0 Å². The zero-order valence-corrected chi connectivity index (χ0v) is 14.2. The average Bonchev–Trinajstić information content (AvgIpc) is 2.45. The Balaban J connectivity index is 2.20. The second-order valence-corrected chi connectivity index (χ2v) is 6.06. The van der Waals surface area contributed by atoms with Crippen LogP contribution >= 0.6 is 31.9 Å². The van der Waals surface area contributed by atoms with Gasteiger partial charge in [0.05, 0.1) is 6.61 Å². The highest BCUT2D eigenvalue weighted by Crippen LogP contribution is 2.24. The number of carbonyl (C=O) groups excluding carboxylic acids is 1. The predicted molar refractivity (Wildman–Crippen MR) is 87.0 cm³/mol. The Morgan fingerprint density at radius 3 is 2.40 bits per heavy atom. The molecule has 104 valence electrons. The molecule has 20 heavy (non-hydrogen) atoms. The minimum Gasteiger partial charge on any atom is -0.377 e. The summed E-state index contributed by atoms with van der Waals surface area (Å²) in [6.45, 7) is 3.22. The summed E-state index contributed by atoms with van der Waals surface area (Å²) in [6.07, 6.45) is 0. The van der Waals surface area contributed by atoms with E-state index >= 15 is 0 Å². The highest BCUT2D eigenvalue weighted by atomic mass is 79.9. The molecule has 2 aromatic rings. The Kier molecular flexibility index (Phi) is 5.52. The fourth-order valence-electron chi connectivity index (χ4n) is 1.80. The lowest BCUT2D eigenvalue weighted by atomic mass is 10.0. The lowest BCUT2D eigenvalue weighted by Gasteiger charge is -2.06. The maximum absolute atomic E-state index is 12.4. The van der Waals surface area contributed by atoms with Crippen molar-refractivity contribution in [2.24, 2.45) is 0 Å². The number of ketones is 1. The van der Waals surface area contributed by atoms with Gasteiger partial charge in [-0.2, -0.15) is 0 Å². The number of benzene rings is 2. The molecular formula is C16H14Br2O2. The minimum atomic E-state index is 0.00679. The Labute approximate surface area is 135 Å². The molecule has 0 amide bonds. The van der Waals surface area contributed by atoms with E-state index in [2.05, 4.69) is 31.9 Å². The molecule has 0 atom stereocenters. The third-order valence-corrected chi connectivity index (χ3v) is 4.01. The molecule has 2 rings (SSSR count). The summed E-state index contributed by atoms with van der Waals surface area (Å²) in [5.41, 5.74) is 2.40. The number of ether oxygens (including phenoxy) is 1. The topological polar surface area (TPSA) is 26.3 Å². The van der Waals surface area contributed by atoms with Crippen LogP contribution in [0, 0.1) is 0 Å². The van der Waals surface area contributed by atoms with Crippen molar-refractivity contribution in [1.82, 2.24) is 0 Å². The van der Waals surface area contributed by atoms with Crippen molar-refractivity contribution in [1.29, 1.82) is 0 Å². The molecule has 0 saturated carbocycles. The molecule has 0 spiro atoms. The first kappa shape index (κ1) is 15.4. The normalized spacial score (nSPS) is 10.6. The van der Waals surface area contributed by atoms with Gasteiger partial charge in [0.2, 0.25) is 0 Å². The standard InChI is InChI=1S/C16H14Br2O2/c1-2-20-10-11-3-5-12(6-4-11)16(19)14-8-7-13(17)9-15(14)18/h3-9H,2,10H2,1H3. The molecule has 0 N–H and O–H groups in total. The molecule has 0 heterocycles. The number of halogens is 2. The van der Waals surface area contributed by atoms with Crippen LogP contribution in [0.25, 0.3) is 0 Å². The van der Waals surface area contributed by atoms with E-state index in [0.717, 1.165) is 14.5 Å². The van der Waals surface area contributed by atoms with Gasteiger partial charge in [0.25, 0.3) is 0 Å². The Morgan fingerprint density at radius 1 is 1.10 bits per heavy atom. The Hall–Kier alpha value is -0.970. The molecule has 2 aromatic carbocycles. The first-order chi connectivity index (χ1) is 9.61. The molecule has 0 unspecified atom stereocenters. The van der Waals surface area contributed by atoms with Gasteiger partial charge in [0.15, 0.2) is 5.78 Å². The van der Waals surface area contributed by atoms with Crippen molar-refractivity contribution < 1.29 is 9.53 Å². The zero-order valence-electron chi connectivity index (χ0n) is 11.0. The van der Waals surface area contributed by atoms with Crippen molar-refractivity contribution in [3.8, 4) is 0 Å². The molecule has 4 heteroatoms. The van der Waals surface area contributed by atoms with E-state index in [1.54, 1.807) is 0 Å². The Bertz CT molecular complexity index is 606. The summed E-state index contributed by atoms with van der Waals surface area (Å²) >= 11 is 6.80. The summed E-state index contributed by atoms with van der Waals surface area (Å²) < 4.78 is 7.06. The maximum atomic E-state index is 12.4. The molecule has 0 aliphatic rings. The number of rotatable bonds is 5. The summed E-state index contributed by atoms with van der Waals surface area (Å²) in [7, 11) is 0. The van der Waals surface area contributed by atoms with Crippen molar-refractivity contribution in [2.45, 2.75) is 13.5 Å². The summed E-state index contributed by atoms with van der Waals surface area (Å²) in [6, 6.07) is 13.1. The van der Waals surface area contributed by atoms with Crippen molar-refractivity contribution in [3.05, 3.63) is 68.1 Å². The van der Waals surface area contributed by atoms with Gasteiger partial charge in [-0.1, -0.05) is 40.2 Å². The molecule has 0 saturated heterocycles. The van der Waals surface area contributed by atoms with Crippen LogP contribution in [0.4, 0.5) is 0 Å². The lowest BCUT2D eigenvalue weighted by molar-refractivity contribution is 0.103. The fraction of sp³-hybridized carbons (Fsp3) is 0.188. The molecule has 0 bridgehead atoms. The van der Waals surface area contributed by atoms with Gasteiger partial charge in [-0.05, 0) is 46.6 Å². The van der Waals surface area contributed by atoms with Crippen LogP contribution < -0.4 is 0 Å². The van der Waals surface area contributed by atoms with Gasteiger partial charge in [-0.25, -0.2) is 0 Å². The second-order valence-electron chi connectivity index (χ2n) is 4.29. The smallest absolute Gasteiger partial charge is 0.194 e.